The van der Waals surface area contributed by atoms with Gasteiger partial charge in [-0.1, -0.05) is 6.92 Å². The molecule has 1 aliphatic heterocycles. The van der Waals surface area contributed by atoms with Crippen molar-refractivity contribution in [3.05, 3.63) is 0 Å². The van der Waals surface area contributed by atoms with Gasteiger partial charge in [-0.3, -0.25) is 9.69 Å². The molecule has 3 unspecified atom stereocenters. The number of aliphatic hydroxyl groups is 1. The maximum absolute atomic E-state index is 11.1. The van der Waals surface area contributed by atoms with Crippen LogP contribution in [0.4, 0.5) is 0 Å². The fraction of sp³-hybridized carbons (Fsp3) is 0.900. The molecule has 3 heteroatoms. The largest absolute Gasteiger partial charge is 0.392 e. The molecular formula is C10H19NO2. The molecule has 0 saturated carbocycles. The Hall–Kier alpha value is -0.410. The van der Waals surface area contributed by atoms with E-state index in [1.807, 2.05) is 6.92 Å². The number of Topliss-reactive ketones (excluding diaryl/α,β-unsaturated/α-hetero) is 1. The number of hydrogen-bond acceptors (Lipinski definition) is 3. The summed E-state index contributed by atoms with van der Waals surface area (Å²) in [6, 6.07) is -0.0397. The van der Waals surface area contributed by atoms with Gasteiger partial charge in [-0.2, -0.15) is 0 Å². The normalized spacial score (nSPS) is 32.9. The van der Waals surface area contributed by atoms with Gasteiger partial charge in [0.05, 0.1) is 12.1 Å². The van der Waals surface area contributed by atoms with Gasteiger partial charge in [-0.25, -0.2) is 0 Å². The molecule has 0 aromatic rings. The van der Waals surface area contributed by atoms with E-state index in [2.05, 4.69) is 11.8 Å². The lowest BCUT2D eigenvalue weighted by molar-refractivity contribution is -0.123. The Morgan fingerprint density at radius 2 is 2.23 bits per heavy atom. The molecule has 3 atom stereocenters. The van der Waals surface area contributed by atoms with E-state index in [0.29, 0.717) is 12.5 Å². The highest BCUT2D eigenvalue weighted by molar-refractivity contribution is 5.80. The van der Waals surface area contributed by atoms with Gasteiger partial charge in [-0.05, 0) is 32.7 Å². The van der Waals surface area contributed by atoms with Crippen molar-refractivity contribution < 1.29 is 9.90 Å². The summed E-state index contributed by atoms with van der Waals surface area (Å²) in [5.74, 6) is 0.553. The summed E-state index contributed by atoms with van der Waals surface area (Å²) in [7, 11) is 0. The van der Waals surface area contributed by atoms with E-state index in [9.17, 15) is 9.90 Å². The predicted octanol–water partition coefficient (Wildman–Crippen LogP) is 0.667. The van der Waals surface area contributed by atoms with Crippen molar-refractivity contribution in [1.29, 1.82) is 0 Å². The molecule has 1 fully saturated rings. The van der Waals surface area contributed by atoms with Crippen LogP contribution in [0, 0.1) is 5.92 Å². The minimum atomic E-state index is -0.268. The van der Waals surface area contributed by atoms with Crippen LogP contribution in [-0.4, -0.2) is 41.0 Å². The summed E-state index contributed by atoms with van der Waals surface area (Å²) in [4.78, 5) is 13.2. The van der Waals surface area contributed by atoms with Gasteiger partial charge >= 0.3 is 0 Å². The Labute approximate surface area is 79.7 Å². The molecule has 1 saturated heterocycles. The van der Waals surface area contributed by atoms with Gasteiger partial charge in [0, 0.05) is 6.54 Å². The number of carbonyl (C=O) groups is 1. The predicted molar refractivity (Wildman–Crippen MR) is 51.5 cm³/mol. The monoisotopic (exact) mass is 185 g/mol. The Morgan fingerprint density at radius 1 is 1.62 bits per heavy atom. The Balaban J connectivity index is 2.50. The first-order valence-electron chi connectivity index (χ1n) is 4.95. The summed E-state index contributed by atoms with van der Waals surface area (Å²) in [6.45, 7) is 7.14. The minimum Gasteiger partial charge on any atom is -0.392 e. The number of β-amino-alcohol motifs (C(OH)–C–C–N with tert-alkyl or cyclic N) is 1. The van der Waals surface area contributed by atoms with Crippen LogP contribution in [0.1, 0.15) is 27.2 Å². The average molecular weight is 185 g/mol. The van der Waals surface area contributed by atoms with Gasteiger partial charge in [0.2, 0.25) is 0 Å². The van der Waals surface area contributed by atoms with E-state index >= 15 is 0 Å². The number of likely N-dealkylation sites (tertiary alicyclic amines) is 1. The molecular weight excluding hydrogens is 166 g/mol. The van der Waals surface area contributed by atoms with Crippen LogP contribution in [0.15, 0.2) is 0 Å². The van der Waals surface area contributed by atoms with Crippen molar-refractivity contribution in [3.63, 3.8) is 0 Å². The number of rotatable bonds is 2. The lowest BCUT2D eigenvalue weighted by atomic mass is 9.94. The fourth-order valence-corrected chi connectivity index (χ4v) is 1.68. The van der Waals surface area contributed by atoms with Crippen LogP contribution >= 0.6 is 0 Å². The molecule has 0 amide bonds. The number of carbonyl (C=O) groups excluding carboxylic acids is 1. The summed E-state index contributed by atoms with van der Waals surface area (Å²) in [6.07, 6.45) is 0.717. The SMILES string of the molecule is CC(=O)C(C)N1CCC(C)C(O)C1. The van der Waals surface area contributed by atoms with E-state index in [-0.39, 0.29) is 17.9 Å². The minimum absolute atomic E-state index is 0.0397. The summed E-state index contributed by atoms with van der Waals surface area (Å²) in [5.41, 5.74) is 0. The van der Waals surface area contributed by atoms with Gasteiger partial charge in [0.15, 0.2) is 0 Å². The van der Waals surface area contributed by atoms with Crippen molar-refractivity contribution >= 4 is 5.78 Å². The van der Waals surface area contributed by atoms with Crippen LogP contribution < -0.4 is 0 Å². The van der Waals surface area contributed by atoms with Gasteiger partial charge in [-0.15, -0.1) is 0 Å². The molecule has 0 aliphatic carbocycles. The molecule has 1 aliphatic rings. The van der Waals surface area contributed by atoms with E-state index in [4.69, 9.17) is 0 Å². The molecule has 1 N–H and O–H groups in total. The number of hydrogen-bond donors (Lipinski definition) is 1. The lowest BCUT2D eigenvalue weighted by Crippen LogP contribution is -2.49. The quantitative estimate of drug-likeness (QED) is 0.687. The third-order valence-corrected chi connectivity index (χ3v) is 3.09. The Bertz CT molecular complexity index is 193. The van der Waals surface area contributed by atoms with Crippen LogP contribution in [0.3, 0.4) is 0 Å². The van der Waals surface area contributed by atoms with Crippen molar-refractivity contribution in [2.45, 2.75) is 39.3 Å². The van der Waals surface area contributed by atoms with Gasteiger partial charge in [0.25, 0.3) is 0 Å². The fourth-order valence-electron chi connectivity index (χ4n) is 1.68. The molecule has 0 radical (unpaired) electrons. The smallest absolute Gasteiger partial charge is 0.146 e. The van der Waals surface area contributed by atoms with E-state index in [1.165, 1.54) is 0 Å². The van der Waals surface area contributed by atoms with Gasteiger partial charge in [0.1, 0.15) is 5.78 Å². The Kier molecular flexibility index (Phi) is 3.45. The zero-order valence-electron chi connectivity index (χ0n) is 8.66. The highest BCUT2D eigenvalue weighted by Crippen LogP contribution is 2.18. The van der Waals surface area contributed by atoms with Crippen molar-refractivity contribution in [1.82, 2.24) is 4.90 Å². The highest BCUT2D eigenvalue weighted by atomic mass is 16.3. The van der Waals surface area contributed by atoms with Crippen LogP contribution in [0.5, 0.6) is 0 Å². The summed E-state index contributed by atoms with van der Waals surface area (Å²) < 4.78 is 0. The third-order valence-electron chi connectivity index (χ3n) is 3.09. The van der Waals surface area contributed by atoms with E-state index in [0.717, 1.165) is 13.0 Å². The standard InChI is InChI=1S/C10H19NO2/c1-7-4-5-11(6-10(7)13)8(2)9(3)12/h7-8,10,13H,4-6H2,1-3H3. The number of ketones is 1. The molecule has 3 nitrogen and oxygen atoms in total. The second-order valence-corrected chi connectivity index (χ2v) is 4.11. The topological polar surface area (TPSA) is 40.5 Å². The van der Waals surface area contributed by atoms with Crippen molar-refractivity contribution in [2.75, 3.05) is 13.1 Å². The number of piperidine rings is 1. The van der Waals surface area contributed by atoms with Crippen molar-refractivity contribution in [3.8, 4) is 0 Å². The summed E-state index contributed by atoms with van der Waals surface area (Å²) in [5, 5.41) is 9.63. The molecule has 13 heavy (non-hydrogen) atoms. The first-order chi connectivity index (χ1) is 6.02. The zero-order valence-corrected chi connectivity index (χ0v) is 8.66. The van der Waals surface area contributed by atoms with Gasteiger partial charge < -0.3 is 5.11 Å². The first kappa shape index (κ1) is 10.7. The van der Waals surface area contributed by atoms with Crippen LogP contribution in [-0.2, 0) is 4.79 Å². The van der Waals surface area contributed by atoms with Crippen molar-refractivity contribution in [2.24, 2.45) is 5.92 Å². The molecule has 0 bridgehead atoms. The molecule has 1 heterocycles. The molecule has 0 aromatic carbocycles. The summed E-state index contributed by atoms with van der Waals surface area (Å²) >= 11 is 0. The molecule has 76 valence electrons. The average Bonchev–Trinajstić information content (AvgIpc) is 2.08. The second kappa shape index (κ2) is 4.20. The second-order valence-electron chi connectivity index (χ2n) is 4.11. The lowest BCUT2D eigenvalue weighted by Gasteiger charge is -2.36. The van der Waals surface area contributed by atoms with E-state index in [1.54, 1.807) is 6.92 Å². The molecule has 0 spiro atoms. The highest BCUT2D eigenvalue weighted by Gasteiger charge is 2.28. The van der Waals surface area contributed by atoms with E-state index < -0.39 is 0 Å². The zero-order chi connectivity index (χ0) is 10.0. The van der Waals surface area contributed by atoms with Crippen LogP contribution in [0.25, 0.3) is 0 Å². The number of aliphatic hydroxyl groups excluding tert-OH is 1. The number of nitrogens with zero attached hydrogens (tertiary/aromatic N) is 1. The Morgan fingerprint density at radius 3 is 2.69 bits per heavy atom. The third kappa shape index (κ3) is 2.51. The molecule has 0 aromatic heterocycles. The maximum atomic E-state index is 11.1. The maximum Gasteiger partial charge on any atom is 0.146 e. The molecule has 1 rings (SSSR count). The van der Waals surface area contributed by atoms with Crippen LogP contribution in [0.2, 0.25) is 0 Å². The first-order valence-corrected chi connectivity index (χ1v) is 4.95.